The lowest BCUT2D eigenvalue weighted by Crippen LogP contribution is -2.24. The van der Waals surface area contributed by atoms with Crippen LogP contribution in [-0.4, -0.2) is 47.1 Å². The molecular weight excluding hydrogens is 412 g/mol. The zero-order valence-corrected chi connectivity index (χ0v) is 19.0. The average molecular weight is 441 g/mol. The molecule has 1 amide bonds. The number of nitrogens with one attached hydrogen (secondary N) is 1. The third kappa shape index (κ3) is 4.21. The first-order valence-electron chi connectivity index (χ1n) is 10.8. The predicted octanol–water partition coefficient (Wildman–Crippen LogP) is 3.47. The molecule has 0 bridgehead atoms. The van der Waals surface area contributed by atoms with Crippen molar-refractivity contribution < 1.29 is 13.2 Å². The molecule has 1 saturated heterocycles. The van der Waals surface area contributed by atoms with Crippen LogP contribution >= 0.6 is 0 Å². The van der Waals surface area contributed by atoms with E-state index in [1.165, 1.54) is 5.56 Å². The molecule has 0 spiro atoms. The molecule has 7 nitrogen and oxygen atoms in total. The number of pyridine rings is 1. The van der Waals surface area contributed by atoms with Gasteiger partial charge < -0.3 is 5.32 Å². The number of benzene rings is 1. The lowest BCUT2D eigenvalue weighted by molar-refractivity contribution is 0.0955. The molecule has 1 fully saturated rings. The first-order valence-corrected chi connectivity index (χ1v) is 12.6. The van der Waals surface area contributed by atoms with Crippen molar-refractivity contribution in [1.82, 2.24) is 20.1 Å². The number of hydrogen-bond acceptors (Lipinski definition) is 5. The summed E-state index contributed by atoms with van der Waals surface area (Å²) in [5.41, 5.74) is 4.59. The number of carbonyl (C=O) groups is 1. The maximum absolute atomic E-state index is 13.0. The topological polar surface area (TPSA) is 93.9 Å². The van der Waals surface area contributed by atoms with Gasteiger partial charge in [0.1, 0.15) is 0 Å². The summed E-state index contributed by atoms with van der Waals surface area (Å²) in [5.74, 6) is 0.0417. The average Bonchev–Trinajstić information content (AvgIpc) is 3.30. The van der Waals surface area contributed by atoms with Crippen molar-refractivity contribution in [2.45, 2.75) is 46.1 Å². The van der Waals surface area contributed by atoms with Crippen LogP contribution in [0.5, 0.6) is 0 Å². The minimum absolute atomic E-state index is 0.0533. The van der Waals surface area contributed by atoms with Crippen molar-refractivity contribution >= 4 is 26.8 Å². The first-order chi connectivity index (χ1) is 14.8. The fraction of sp³-hybridized carbons (Fsp3) is 0.435. The molecule has 8 heteroatoms. The molecule has 2 aromatic heterocycles. The van der Waals surface area contributed by atoms with Gasteiger partial charge in [-0.3, -0.25) is 4.79 Å². The van der Waals surface area contributed by atoms with E-state index in [1.807, 2.05) is 32.0 Å². The highest BCUT2D eigenvalue weighted by molar-refractivity contribution is 7.91. The van der Waals surface area contributed by atoms with Gasteiger partial charge in [0.15, 0.2) is 15.5 Å². The van der Waals surface area contributed by atoms with Gasteiger partial charge in [-0.2, -0.15) is 5.10 Å². The quantitative estimate of drug-likeness (QED) is 0.633. The molecule has 31 heavy (non-hydrogen) atoms. The summed E-state index contributed by atoms with van der Waals surface area (Å²) in [6, 6.07) is 9.69. The second kappa shape index (κ2) is 8.42. The molecule has 1 unspecified atom stereocenters. The van der Waals surface area contributed by atoms with Crippen molar-refractivity contribution in [3.05, 3.63) is 47.2 Å². The van der Waals surface area contributed by atoms with Gasteiger partial charge >= 0.3 is 0 Å². The lowest BCUT2D eigenvalue weighted by atomic mass is 10.0. The molecule has 0 saturated carbocycles. The molecule has 3 aromatic rings. The summed E-state index contributed by atoms with van der Waals surface area (Å²) in [6.07, 6.45) is 2.29. The predicted molar refractivity (Wildman–Crippen MR) is 122 cm³/mol. The molecule has 0 aliphatic carbocycles. The van der Waals surface area contributed by atoms with E-state index >= 15 is 0 Å². The molecular formula is C23H28N4O3S. The van der Waals surface area contributed by atoms with E-state index in [0.717, 1.165) is 18.4 Å². The van der Waals surface area contributed by atoms with E-state index in [-0.39, 0.29) is 23.5 Å². The Morgan fingerprint density at radius 3 is 2.58 bits per heavy atom. The summed E-state index contributed by atoms with van der Waals surface area (Å²) in [5, 5.41) is 8.28. The number of hydrogen-bond donors (Lipinski definition) is 1. The Morgan fingerprint density at radius 1 is 1.23 bits per heavy atom. The number of sulfone groups is 1. The van der Waals surface area contributed by atoms with Crippen LogP contribution in [0.15, 0.2) is 30.3 Å². The third-order valence-electron chi connectivity index (χ3n) is 5.83. The molecule has 1 atom stereocenters. The minimum Gasteiger partial charge on any atom is -0.352 e. The Labute approximate surface area is 182 Å². The van der Waals surface area contributed by atoms with Crippen LogP contribution in [0.25, 0.3) is 22.3 Å². The molecule has 1 aliphatic rings. The zero-order chi connectivity index (χ0) is 22.2. The lowest BCUT2D eigenvalue weighted by Gasteiger charge is -2.12. The molecule has 1 aliphatic heterocycles. The van der Waals surface area contributed by atoms with Crippen molar-refractivity contribution in [3.8, 4) is 11.3 Å². The van der Waals surface area contributed by atoms with Crippen molar-refractivity contribution in [2.75, 3.05) is 18.1 Å². The van der Waals surface area contributed by atoms with Crippen molar-refractivity contribution in [2.24, 2.45) is 0 Å². The second-order valence-electron chi connectivity index (χ2n) is 8.15. The fourth-order valence-corrected chi connectivity index (χ4v) is 5.80. The smallest absolute Gasteiger partial charge is 0.252 e. The Bertz CT molecular complexity index is 1230. The number of aromatic nitrogens is 3. The van der Waals surface area contributed by atoms with Gasteiger partial charge in [-0.1, -0.05) is 38.1 Å². The van der Waals surface area contributed by atoms with Gasteiger partial charge in [0.05, 0.1) is 39.9 Å². The van der Waals surface area contributed by atoms with Gasteiger partial charge in [0.25, 0.3) is 5.91 Å². The molecule has 4 rings (SSSR count). The molecule has 3 heterocycles. The Kier molecular flexibility index (Phi) is 5.83. The summed E-state index contributed by atoms with van der Waals surface area (Å²) in [7, 11) is -3.08. The van der Waals surface area contributed by atoms with Gasteiger partial charge in [-0.15, -0.1) is 0 Å². The molecule has 164 valence electrons. The van der Waals surface area contributed by atoms with Crippen LogP contribution in [0.1, 0.15) is 54.3 Å². The van der Waals surface area contributed by atoms with E-state index in [1.54, 1.807) is 4.68 Å². The maximum atomic E-state index is 13.0. The largest absolute Gasteiger partial charge is 0.352 e. The summed E-state index contributed by atoms with van der Waals surface area (Å²) >= 11 is 0. The Balaban J connectivity index is 1.90. The number of aryl methyl sites for hydroxylation is 2. The highest BCUT2D eigenvalue weighted by Crippen LogP contribution is 2.32. The van der Waals surface area contributed by atoms with Gasteiger partial charge in [-0.25, -0.2) is 18.1 Å². The minimum atomic E-state index is -3.08. The molecule has 1 aromatic carbocycles. The van der Waals surface area contributed by atoms with E-state index in [9.17, 15) is 13.2 Å². The standard InChI is InChI=1S/C23H28N4O3S/c1-4-11-24-23(28)19-13-20(17-8-6-16(5-2)7-9-17)25-22-21(19)15(3)26-27(22)18-10-12-31(29,30)14-18/h6-9,13,18H,4-5,10-12,14H2,1-3H3,(H,24,28). The third-order valence-corrected chi connectivity index (χ3v) is 7.58. The van der Waals surface area contributed by atoms with E-state index in [4.69, 9.17) is 4.98 Å². The summed E-state index contributed by atoms with van der Waals surface area (Å²) in [4.78, 5) is 17.9. The number of fused-ring (bicyclic) bond motifs is 1. The second-order valence-corrected chi connectivity index (χ2v) is 10.4. The Morgan fingerprint density at radius 2 is 1.97 bits per heavy atom. The van der Waals surface area contributed by atoms with E-state index in [0.29, 0.717) is 41.0 Å². The fourth-order valence-electron chi connectivity index (χ4n) is 4.11. The normalized spacial score (nSPS) is 17.8. The van der Waals surface area contributed by atoms with Crippen LogP contribution in [0.3, 0.4) is 0 Å². The van der Waals surface area contributed by atoms with Gasteiger partial charge in [0, 0.05) is 12.1 Å². The highest BCUT2D eigenvalue weighted by atomic mass is 32.2. The van der Waals surface area contributed by atoms with E-state index in [2.05, 4.69) is 29.5 Å². The van der Waals surface area contributed by atoms with Crippen molar-refractivity contribution in [3.63, 3.8) is 0 Å². The number of rotatable bonds is 6. The molecule has 1 N–H and O–H groups in total. The summed E-state index contributed by atoms with van der Waals surface area (Å²) in [6.45, 7) is 6.53. The molecule has 0 radical (unpaired) electrons. The van der Waals surface area contributed by atoms with Crippen LogP contribution in [0, 0.1) is 6.92 Å². The van der Waals surface area contributed by atoms with Crippen LogP contribution < -0.4 is 5.32 Å². The van der Waals surface area contributed by atoms with Crippen LogP contribution in [0.2, 0.25) is 0 Å². The Hall–Kier alpha value is -2.74. The first kappa shape index (κ1) is 21.5. The SMILES string of the molecule is CCCNC(=O)c1cc(-c2ccc(CC)cc2)nc2c1c(C)nn2C1CCS(=O)(=O)C1. The maximum Gasteiger partial charge on any atom is 0.252 e. The summed E-state index contributed by atoms with van der Waals surface area (Å²) < 4.78 is 25.9. The van der Waals surface area contributed by atoms with Gasteiger partial charge in [0.2, 0.25) is 0 Å². The van der Waals surface area contributed by atoms with Crippen molar-refractivity contribution in [1.29, 1.82) is 0 Å². The van der Waals surface area contributed by atoms with E-state index < -0.39 is 9.84 Å². The number of carbonyl (C=O) groups excluding carboxylic acids is 1. The van der Waals surface area contributed by atoms with Gasteiger partial charge in [-0.05, 0) is 37.8 Å². The van der Waals surface area contributed by atoms with Crippen LogP contribution in [-0.2, 0) is 16.3 Å². The van der Waals surface area contributed by atoms with Crippen LogP contribution in [0.4, 0.5) is 0 Å². The zero-order valence-electron chi connectivity index (χ0n) is 18.2. The monoisotopic (exact) mass is 440 g/mol. The number of amides is 1. The number of nitrogens with zero attached hydrogens (tertiary/aromatic N) is 3. The highest BCUT2D eigenvalue weighted by Gasteiger charge is 2.32.